The molecule has 2 rings (SSSR count). The molecule has 6 nitrogen and oxygen atoms in total. The lowest BCUT2D eigenvalue weighted by atomic mass is 10.1. The van der Waals surface area contributed by atoms with Gasteiger partial charge < -0.3 is 16.2 Å². The lowest BCUT2D eigenvalue weighted by Gasteiger charge is -2.10. The van der Waals surface area contributed by atoms with Gasteiger partial charge in [0.25, 0.3) is 5.91 Å². The highest BCUT2D eigenvalue weighted by Gasteiger charge is 2.13. The first kappa shape index (κ1) is 13.5. The first-order valence-electron chi connectivity index (χ1n) is 5.85. The molecule has 0 aliphatic carbocycles. The molecule has 1 aromatic carbocycles. The van der Waals surface area contributed by atoms with E-state index in [0.29, 0.717) is 16.9 Å². The van der Waals surface area contributed by atoms with Crippen molar-refractivity contribution in [1.29, 1.82) is 0 Å². The fourth-order valence-electron chi connectivity index (χ4n) is 1.73. The van der Waals surface area contributed by atoms with E-state index < -0.39 is 11.9 Å². The average molecular weight is 271 g/mol. The van der Waals surface area contributed by atoms with Crippen molar-refractivity contribution in [1.82, 2.24) is 4.98 Å². The van der Waals surface area contributed by atoms with Gasteiger partial charge in [-0.15, -0.1) is 0 Å². The summed E-state index contributed by atoms with van der Waals surface area (Å²) in [6.07, 6.45) is 1.38. The third kappa shape index (κ3) is 2.74. The zero-order valence-electron chi connectivity index (χ0n) is 10.8. The molecular formula is C14H13N3O3. The third-order valence-corrected chi connectivity index (χ3v) is 2.83. The van der Waals surface area contributed by atoms with Crippen molar-refractivity contribution in [2.24, 2.45) is 0 Å². The van der Waals surface area contributed by atoms with Crippen LogP contribution in [0.15, 0.2) is 36.5 Å². The smallest absolute Gasteiger partial charge is 0.336 e. The lowest BCUT2D eigenvalue weighted by Crippen LogP contribution is -2.15. The van der Waals surface area contributed by atoms with Gasteiger partial charge in [-0.1, -0.05) is 6.07 Å². The molecule has 1 heterocycles. The number of carbonyl (C=O) groups excluding carboxylic acids is 1. The summed E-state index contributed by atoms with van der Waals surface area (Å²) in [6, 6.07) is 7.76. The van der Waals surface area contributed by atoms with Crippen LogP contribution in [-0.2, 0) is 0 Å². The molecular weight excluding hydrogens is 258 g/mol. The predicted molar refractivity (Wildman–Crippen MR) is 74.7 cm³/mol. The Balaban J connectivity index is 2.26. The van der Waals surface area contributed by atoms with Gasteiger partial charge in [-0.3, -0.25) is 4.79 Å². The maximum atomic E-state index is 12.0. The minimum Gasteiger partial charge on any atom is -0.478 e. The van der Waals surface area contributed by atoms with Gasteiger partial charge in [0.1, 0.15) is 5.69 Å². The van der Waals surface area contributed by atoms with E-state index in [0.717, 1.165) is 0 Å². The highest BCUT2D eigenvalue weighted by Crippen LogP contribution is 2.19. The van der Waals surface area contributed by atoms with E-state index in [-0.39, 0.29) is 11.3 Å². The predicted octanol–water partition coefficient (Wildman–Crippen LogP) is 1.92. The highest BCUT2D eigenvalue weighted by atomic mass is 16.4. The van der Waals surface area contributed by atoms with Crippen LogP contribution >= 0.6 is 0 Å². The number of pyridine rings is 1. The number of aromatic carboxylic acids is 1. The van der Waals surface area contributed by atoms with Gasteiger partial charge in [-0.2, -0.15) is 0 Å². The number of aromatic nitrogens is 1. The quantitative estimate of drug-likeness (QED) is 0.791. The van der Waals surface area contributed by atoms with Crippen molar-refractivity contribution in [2.45, 2.75) is 6.92 Å². The Kier molecular flexibility index (Phi) is 3.65. The van der Waals surface area contributed by atoms with Gasteiger partial charge in [-0.25, -0.2) is 9.78 Å². The van der Waals surface area contributed by atoms with Gasteiger partial charge in [-0.05, 0) is 36.8 Å². The van der Waals surface area contributed by atoms with Crippen LogP contribution in [-0.4, -0.2) is 22.0 Å². The molecule has 0 fully saturated rings. The highest BCUT2D eigenvalue weighted by molar-refractivity contribution is 6.04. The van der Waals surface area contributed by atoms with E-state index in [1.807, 2.05) is 0 Å². The summed E-state index contributed by atoms with van der Waals surface area (Å²) in [4.78, 5) is 26.9. The Labute approximate surface area is 115 Å². The number of anilines is 2. The normalized spacial score (nSPS) is 10.1. The summed E-state index contributed by atoms with van der Waals surface area (Å²) in [6.45, 7) is 1.63. The van der Waals surface area contributed by atoms with Crippen LogP contribution in [0.25, 0.3) is 0 Å². The first-order valence-corrected chi connectivity index (χ1v) is 5.85. The molecule has 20 heavy (non-hydrogen) atoms. The standard InChI is InChI=1S/C14H13N3O3/c1-8-10(14(19)20)3-2-4-11(8)17-13(18)12-6-5-9(15)7-16-12/h2-7H,15H2,1H3,(H,17,18)(H,19,20). The fourth-order valence-corrected chi connectivity index (χ4v) is 1.73. The van der Waals surface area contributed by atoms with Crippen molar-refractivity contribution in [3.8, 4) is 0 Å². The number of amides is 1. The van der Waals surface area contributed by atoms with Crippen molar-refractivity contribution in [2.75, 3.05) is 11.1 Å². The van der Waals surface area contributed by atoms with E-state index in [1.54, 1.807) is 25.1 Å². The number of carbonyl (C=O) groups is 2. The monoisotopic (exact) mass is 271 g/mol. The van der Waals surface area contributed by atoms with Crippen LogP contribution in [0.3, 0.4) is 0 Å². The molecule has 6 heteroatoms. The number of nitrogens with two attached hydrogens (primary N) is 1. The summed E-state index contributed by atoms with van der Waals surface area (Å²) in [5, 5.41) is 11.7. The van der Waals surface area contributed by atoms with Crippen molar-refractivity contribution >= 4 is 23.3 Å². The van der Waals surface area contributed by atoms with E-state index in [2.05, 4.69) is 10.3 Å². The Hall–Kier alpha value is -2.89. The topological polar surface area (TPSA) is 105 Å². The van der Waals surface area contributed by atoms with Gasteiger partial charge in [0.05, 0.1) is 17.4 Å². The molecule has 0 aliphatic heterocycles. The van der Waals surface area contributed by atoms with Crippen LogP contribution in [0.2, 0.25) is 0 Å². The van der Waals surface area contributed by atoms with Crippen LogP contribution in [0.1, 0.15) is 26.4 Å². The number of nitrogens with one attached hydrogen (secondary N) is 1. The van der Waals surface area contributed by atoms with E-state index >= 15 is 0 Å². The SMILES string of the molecule is Cc1c(NC(=O)c2ccc(N)cn2)cccc1C(=O)O. The molecule has 0 bridgehead atoms. The van der Waals surface area contributed by atoms with Crippen LogP contribution in [0, 0.1) is 6.92 Å². The second kappa shape index (κ2) is 5.40. The Morgan fingerprint density at radius 2 is 2.00 bits per heavy atom. The Morgan fingerprint density at radius 1 is 1.25 bits per heavy atom. The molecule has 0 saturated carbocycles. The number of nitrogens with zero attached hydrogens (tertiary/aromatic N) is 1. The molecule has 1 amide bonds. The molecule has 0 radical (unpaired) electrons. The van der Waals surface area contributed by atoms with E-state index in [1.165, 1.54) is 18.3 Å². The minimum absolute atomic E-state index is 0.146. The number of rotatable bonds is 3. The van der Waals surface area contributed by atoms with Crippen LogP contribution in [0.4, 0.5) is 11.4 Å². The first-order chi connectivity index (χ1) is 9.49. The number of benzene rings is 1. The minimum atomic E-state index is -1.04. The molecule has 102 valence electrons. The summed E-state index contributed by atoms with van der Waals surface area (Å²) in [5.41, 5.74) is 7.24. The van der Waals surface area contributed by atoms with Gasteiger partial charge in [0.15, 0.2) is 0 Å². The second-order valence-corrected chi connectivity index (χ2v) is 4.21. The molecule has 2 aromatic rings. The lowest BCUT2D eigenvalue weighted by molar-refractivity contribution is 0.0695. The van der Waals surface area contributed by atoms with Crippen LogP contribution in [0.5, 0.6) is 0 Å². The number of nitrogen functional groups attached to an aromatic ring is 1. The fraction of sp³-hybridized carbons (Fsp3) is 0.0714. The molecule has 0 spiro atoms. The summed E-state index contributed by atoms with van der Waals surface area (Å²) >= 11 is 0. The maximum absolute atomic E-state index is 12.0. The van der Waals surface area contributed by atoms with Crippen LogP contribution < -0.4 is 11.1 Å². The molecule has 1 aromatic heterocycles. The zero-order valence-corrected chi connectivity index (χ0v) is 10.8. The summed E-state index contributed by atoms with van der Waals surface area (Å²) in [7, 11) is 0. The Morgan fingerprint density at radius 3 is 2.60 bits per heavy atom. The third-order valence-electron chi connectivity index (χ3n) is 2.83. The molecule has 0 saturated heterocycles. The molecule has 4 N–H and O–H groups in total. The maximum Gasteiger partial charge on any atom is 0.336 e. The zero-order chi connectivity index (χ0) is 14.7. The molecule has 0 unspecified atom stereocenters. The van der Waals surface area contributed by atoms with E-state index in [9.17, 15) is 9.59 Å². The molecule has 0 atom stereocenters. The summed E-state index contributed by atoms with van der Waals surface area (Å²) < 4.78 is 0. The number of hydrogen-bond donors (Lipinski definition) is 3. The molecule has 0 aliphatic rings. The largest absolute Gasteiger partial charge is 0.478 e. The van der Waals surface area contributed by atoms with Gasteiger partial charge in [0, 0.05) is 5.69 Å². The number of carboxylic acids is 1. The van der Waals surface area contributed by atoms with Crippen molar-refractivity contribution < 1.29 is 14.7 Å². The number of carboxylic acid groups (broad SMARTS) is 1. The van der Waals surface area contributed by atoms with Gasteiger partial charge >= 0.3 is 5.97 Å². The summed E-state index contributed by atoms with van der Waals surface area (Å²) in [5.74, 6) is -1.46. The van der Waals surface area contributed by atoms with E-state index in [4.69, 9.17) is 10.8 Å². The van der Waals surface area contributed by atoms with Gasteiger partial charge in [0.2, 0.25) is 0 Å². The number of hydrogen-bond acceptors (Lipinski definition) is 4. The Bertz CT molecular complexity index is 666. The average Bonchev–Trinajstić information content (AvgIpc) is 2.41. The van der Waals surface area contributed by atoms with Crippen molar-refractivity contribution in [3.63, 3.8) is 0 Å². The second-order valence-electron chi connectivity index (χ2n) is 4.21. The van der Waals surface area contributed by atoms with Crippen molar-refractivity contribution in [3.05, 3.63) is 53.3 Å².